The Bertz CT molecular complexity index is 704. The first-order chi connectivity index (χ1) is 10.3. The summed E-state index contributed by atoms with van der Waals surface area (Å²) in [6.45, 7) is 8.08. The zero-order valence-corrected chi connectivity index (χ0v) is 16.2. The molecule has 0 aliphatic rings. The van der Waals surface area contributed by atoms with Gasteiger partial charge in [0.15, 0.2) is 0 Å². The molecule has 0 radical (unpaired) electrons. The normalized spacial score (nSPS) is 11.2. The van der Waals surface area contributed by atoms with Crippen LogP contribution in [-0.4, -0.2) is 52.5 Å². The number of hydrogen-bond donors (Lipinski definition) is 0. The van der Waals surface area contributed by atoms with E-state index in [0.717, 1.165) is 16.7 Å². The summed E-state index contributed by atoms with van der Waals surface area (Å²) >= 11 is 0. The molecule has 1 aromatic carbocycles. The van der Waals surface area contributed by atoms with Gasteiger partial charge < -0.3 is 0 Å². The quantitative estimate of drug-likeness (QED) is 0.806. The molecule has 112 valence electrons. The largest absolute Gasteiger partial charge is 2.00 e. The summed E-state index contributed by atoms with van der Waals surface area (Å²) in [6.07, 6.45) is 3.14. The zero-order chi connectivity index (χ0) is 16.4. The van der Waals surface area contributed by atoms with E-state index in [4.69, 9.17) is 0 Å². The average Bonchev–Trinajstić information content (AvgIpc) is 2.99. The van der Waals surface area contributed by atoms with Gasteiger partial charge in [-0.15, -0.1) is 0 Å². The summed E-state index contributed by atoms with van der Waals surface area (Å²) in [5.41, 5.74) is 1.60. The first-order valence-corrected chi connectivity index (χ1v) is 7.08. The molecular weight excluding hydrogens is 314 g/mol. The summed E-state index contributed by atoms with van der Waals surface area (Å²) in [5, 5.41) is 22.9. The molecular formula is C17H19CaN5+2. The van der Waals surface area contributed by atoms with Gasteiger partial charge in [-0.1, -0.05) is 18.2 Å². The van der Waals surface area contributed by atoms with Crippen molar-refractivity contribution in [2.24, 2.45) is 0 Å². The third-order valence-electron chi connectivity index (χ3n) is 3.81. The van der Waals surface area contributed by atoms with Crippen molar-refractivity contribution >= 4 is 37.7 Å². The monoisotopic (exact) mass is 333 g/mol. The maximum Gasteiger partial charge on any atom is 2.00 e. The maximum atomic E-state index is 9.40. The van der Waals surface area contributed by atoms with Crippen molar-refractivity contribution in [1.82, 2.24) is 14.8 Å². The fourth-order valence-electron chi connectivity index (χ4n) is 2.14. The van der Waals surface area contributed by atoms with Gasteiger partial charge in [0.05, 0.1) is 29.5 Å². The first-order valence-electron chi connectivity index (χ1n) is 7.08. The molecule has 0 aliphatic carbocycles. The van der Waals surface area contributed by atoms with Crippen LogP contribution in [-0.2, 0) is 17.4 Å². The van der Waals surface area contributed by atoms with Gasteiger partial charge in [0, 0.05) is 0 Å². The van der Waals surface area contributed by atoms with Crippen LogP contribution < -0.4 is 0 Å². The van der Waals surface area contributed by atoms with Crippen molar-refractivity contribution in [1.29, 1.82) is 10.5 Å². The van der Waals surface area contributed by atoms with E-state index >= 15 is 0 Å². The number of hydrogen-bond acceptors (Lipinski definition) is 4. The molecule has 0 spiro atoms. The smallest absolute Gasteiger partial charge is 0.249 e. The van der Waals surface area contributed by atoms with Gasteiger partial charge in [-0.25, -0.2) is 9.67 Å². The molecule has 0 atom stereocenters. The van der Waals surface area contributed by atoms with Crippen LogP contribution in [0.5, 0.6) is 0 Å². The van der Waals surface area contributed by atoms with Crippen LogP contribution >= 0.6 is 0 Å². The van der Waals surface area contributed by atoms with Crippen molar-refractivity contribution in [3.63, 3.8) is 0 Å². The van der Waals surface area contributed by atoms with E-state index in [2.05, 4.69) is 22.2 Å². The van der Waals surface area contributed by atoms with Crippen molar-refractivity contribution in [2.75, 3.05) is 0 Å². The van der Waals surface area contributed by atoms with Crippen LogP contribution in [0.15, 0.2) is 30.9 Å². The minimum atomic E-state index is -0.612. The molecule has 0 unspecified atom stereocenters. The molecule has 0 N–H and O–H groups in total. The van der Waals surface area contributed by atoms with Crippen LogP contribution in [0.1, 0.15) is 44.4 Å². The van der Waals surface area contributed by atoms with Gasteiger partial charge in [-0.2, -0.15) is 15.6 Å². The molecule has 0 saturated heterocycles. The van der Waals surface area contributed by atoms with Gasteiger partial charge in [-0.05, 0) is 44.4 Å². The fraction of sp³-hybridized carbons (Fsp3) is 0.412. The molecule has 6 heteroatoms. The topological polar surface area (TPSA) is 78.3 Å². The number of benzene rings is 1. The van der Waals surface area contributed by atoms with E-state index in [1.54, 1.807) is 11.0 Å². The second kappa shape index (κ2) is 7.45. The molecule has 1 heterocycles. The first kappa shape index (κ1) is 19.6. The van der Waals surface area contributed by atoms with Crippen molar-refractivity contribution in [3.8, 4) is 12.1 Å². The Hall–Kier alpha value is -1.40. The summed E-state index contributed by atoms with van der Waals surface area (Å²) in [6, 6.07) is 10.6. The van der Waals surface area contributed by atoms with E-state index in [0.29, 0.717) is 6.54 Å². The van der Waals surface area contributed by atoms with Crippen LogP contribution in [0, 0.1) is 22.7 Å². The Morgan fingerprint density at radius 1 is 1.00 bits per heavy atom. The zero-order valence-electron chi connectivity index (χ0n) is 14.0. The van der Waals surface area contributed by atoms with Gasteiger partial charge >= 0.3 is 37.7 Å². The van der Waals surface area contributed by atoms with Gasteiger partial charge in [0.25, 0.3) is 0 Å². The number of nitriles is 2. The predicted molar refractivity (Wildman–Crippen MR) is 88.6 cm³/mol. The average molecular weight is 333 g/mol. The number of rotatable bonds is 4. The second-order valence-corrected chi connectivity index (χ2v) is 6.49. The van der Waals surface area contributed by atoms with Crippen LogP contribution in [0.4, 0.5) is 0 Å². The third kappa shape index (κ3) is 4.54. The van der Waals surface area contributed by atoms with Gasteiger partial charge in [0.1, 0.15) is 12.7 Å². The molecule has 0 saturated carbocycles. The third-order valence-corrected chi connectivity index (χ3v) is 3.81. The summed E-state index contributed by atoms with van der Waals surface area (Å²) in [5.74, 6) is 0. The molecule has 23 heavy (non-hydrogen) atoms. The van der Waals surface area contributed by atoms with E-state index in [9.17, 15) is 10.5 Å². The fourth-order valence-corrected chi connectivity index (χ4v) is 2.14. The Morgan fingerprint density at radius 2 is 1.52 bits per heavy atom. The SMILES string of the molecule is CC(C)(C#N)c1cc(Cn2cncn2)cc(C(C)(C)C#N)c1.[Ca+2]. The molecule has 2 aromatic rings. The van der Waals surface area contributed by atoms with E-state index in [1.807, 2.05) is 45.9 Å². The Morgan fingerprint density at radius 3 is 1.91 bits per heavy atom. The summed E-state index contributed by atoms with van der Waals surface area (Å²) in [7, 11) is 0. The molecule has 5 nitrogen and oxygen atoms in total. The molecule has 0 fully saturated rings. The van der Waals surface area contributed by atoms with Gasteiger partial charge in [0.2, 0.25) is 0 Å². The molecule has 2 rings (SSSR count). The molecule has 0 aliphatic heterocycles. The Labute approximate surface area is 167 Å². The van der Waals surface area contributed by atoms with E-state index in [-0.39, 0.29) is 37.7 Å². The minimum absolute atomic E-state index is 0. The van der Waals surface area contributed by atoms with Crippen molar-refractivity contribution in [2.45, 2.75) is 45.1 Å². The Balaban J connectivity index is 0.00000264. The summed E-state index contributed by atoms with van der Waals surface area (Å²) < 4.78 is 1.72. The molecule has 1 aromatic heterocycles. The van der Waals surface area contributed by atoms with E-state index < -0.39 is 10.8 Å². The van der Waals surface area contributed by atoms with Crippen LogP contribution in [0.25, 0.3) is 0 Å². The molecule has 0 bridgehead atoms. The van der Waals surface area contributed by atoms with Crippen molar-refractivity contribution in [3.05, 3.63) is 47.5 Å². The van der Waals surface area contributed by atoms with Crippen molar-refractivity contribution < 1.29 is 0 Å². The van der Waals surface area contributed by atoms with E-state index in [1.165, 1.54) is 6.33 Å². The minimum Gasteiger partial charge on any atom is -0.249 e. The Kier molecular flexibility index (Phi) is 6.36. The van der Waals surface area contributed by atoms with Gasteiger partial charge in [-0.3, -0.25) is 0 Å². The number of aromatic nitrogens is 3. The number of nitrogens with zero attached hydrogens (tertiary/aromatic N) is 5. The standard InChI is InChI=1S/C17H19N5.Ca/c1-16(2,9-18)14-5-13(8-22-12-20-11-21-22)6-15(7-14)17(3,4)10-19;/h5-7,11-12H,8H2,1-4H3;/q;+2. The van der Waals surface area contributed by atoms with Crippen LogP contribution in [0.2, 0.25) is 0 Å². The maximum absolute atomic E-state index is 9.40. The van der Waals surface area contributed by atoms with Crippen LogP contribution in [0.3, 0.4) is 0 Å². The summed E-state index contributed by atoms with van der Waals surface area (Å²) in [4.78, 5) is 3.94. The molecule has 0 amide bonds. The second-order valence-electron chi connectivity index (χ2n) is 6.49. The predicted octanol–water partition coefficient (Wildman–Crippen LogP) is 2.55.